The number of hydrogen-bond acceptors (Lipinski definition) is 2. The van der Waals surface area contributed by atoms with Crippen molar-refractivity contribution in [2.75, 3.05) is 13.2 Å². The van der Waals surface area contributed by atoms with Gasteiger partial charge >= 0.3 is 0 Å². The minimum absolute atomic E-state index is 0.0597. The molecule has 2 nitrogen and oxygen atoms in total. The van der Waals surface area contributed by atoms with Crippen LogP contribution in [0.25, 0.3) is 0 Å². The van der Waals surface area contributed by atoms with Crippen LogP contribution in [0.1, 0.15) is 22.8 Å². The molecule has 2 aromatic rings. The van der Waals surface area contributed by atoms with Crippen LogP contribution in [0.15, 0.2) is 54.6 Å². The van der Waals surface area contributed by atoms with Crippen molar-refractivity contribution in [3.8, 4) is 0 Å². The zero-order valence-electron chi connectivity index (χ0n) is 10.3. The summed E-state index contributed by atoms with van der Waals surface area (Å²) in [7, 11) is 0. The highest BCUT2D eigenvalue weighted by Gasteiger charge is 2.19. The average molecular weight is 239 g/mol. The van der Waals surface area contributed by atoms with Crippen molar-refractivity contribution in [3.63, 3.8) is 0 Å². The molecule has 18 heavy (non-hydrogen) atoms. The fraction of sp³-hybridized carbons (Fsp3) is 0.250. The van der Waals surface area contributed by atoms with Crippen LogP contribution in [0.5, 0.6) is 0 Å². The lowest BCUT2D eigenvalue weighted by atomic mass is 9.96. The summed E-state index contributed by atoms with van der Waals surface area (Å²) in [6.07, 6.45) is 0.0597. The van der Waals surface area contributed by atoms with Gasteiger partial charge in [-0.3, -0.25) is 0 Å². The molecule has 1 N–H and O–H groups in total. The lowest BCUT2D eigenvalue weighted by Crippen LogP contribution is -2.25. The number of fused-ring (bicyclic) bond motifs is 1. The molecule has 0 saturated heterocycles. The maximum atomic E-state index is 6.03. The van der Waals surface area contributed by atoms with E-state index >= 15 is 0 Å². The van der Waals surface area contributed by atoms with Gasteiger partial charge < -0.3 is 10.1 Å². The molecule has 0 radical (unpaired) electrons. The molecule has 1 heterocycles. The number of ether oxygens (including phenoxy) is 1. The highest BCUT2D eigenvalue weighted by molar-refractivity contribution is 5.36. The maximum Gasteiger partial charge on any atom is 0.108 e. The zero-order valence-corrected chi connectivity index (χ0v) is 10.3. The first-order chi connectivity index (χ1) is 8.95. The Bertz CT molecular complexity index is 510. The summed E-state index contributed by atoms with van der Waals surface area (Å²) in [5, 5.41) is 3.39. The number of benzene rings is 2. The maximum absolute atomic E-state index is 6.03. The van der Waals surface area contributed by atoms with Crippen molar-refractivity contribution in [2.24, 2.45) is 0 Å². The Kier molecular flexibility index (Phi) is 3.40. The van der Waals surface area contributed by atoms with Crippen LogP contribution in [0.4, 0.5) is 0 Å². The minimum Gasteiger partial charge on any atom is -0.367 e. The second-order valence-corrected chi connectivity index (χ2v) is 4.54. The molecule has 0 saturated carbocycles. The molecule has 1 atom stereocenters. The van der Waals surface area contributed by atoms with Crippen LogP contribution >= 0.6 is 0 Å². The molecular weight excluding hydrogens is 222 g/mol. The van der Waals surface area contributed by atoms with E-state index in [9.17, 15) is 0 Å². The molecule has 1 unspecified atom stereocenters. The van der Waals surface area contributed by atoms with Crippen molar-refractivity contribution in [2.45, 2.75) is 12.6 Å². The zero-order chi connectivity index (χ0) is 12.2. The van der Waals surface area contributed by atoms with E-state index < -0.39 is 0 Å². The molecule has 0 bridgehead atoms. The van der Waals surface area contributed by atoms with Crippen LogP contribution in [0.3, 0.4) is 0 Å². The molecule has 2 heteroatoms. The van der Waals surface area contributed by atoms with Crippen molar-refractivity contribution in [3.05, 3.63) is 71.3 Å². The molecule has 92 valence electrons. The number of rotatable bonds is 1. The molecule has 0 spiro atoms. The van der Waals surface area contributed by atoms with E-state index in [4.69, 9.17) is 4.74 Å². The van der Waals surface area contributed by atoms with Crippen LogP contribution in [0, 0.1) is 0 Å². The molecule has 1 aliphatic rings. The van der Waals surface area contributed by atoms with Crippen LogP contribution < -0.4 is 5.32 Å². The van der Waals surface area contributed by atoms with Gasteiger partial charge in [0, 0.05) is 13.1 Å². The van der Waals surface area contributed by atoms with Crippen molar-refractivity contribution in [1.82, 2.24) is 5.32 Å². The van der Waals surface area contributed by atoms with E-state index in [1.807, 2.05) is 6.07 Å². The smallest absolute Gasteiger partial charge is 0.108 e. The number of hydrogen-bond donors (Lipinski definition) is 1. The van der Waals surface area contributed by atoms with Gasteiger partial charge in [-0.1, -0.05) is 54.6 Å². The molecule has 0 fully saturated rings. The van der Waals surface area contributed by atoms with Crippen LogP contribution in [-0.2, 0) is 11.3 Å². The fourth-order valence-electron chi connectivity index (χ4n) is 2.42. The van der Waals surface area contributed by atoms with E-state index in [-0.39, 0.29) is 6.10 Å². The summed E-state index contributed by atoms with van der Waals surface area (Å²) >= 11 is 0. The first kappa shape index (κ1) is 11.5. The Balaban J connectivity index is 2.04. The van der Waals surface area contributed by atoms with E-state index in [2.05, 4.69) is 53.8 Å². The second kappa shape index (κ2) is 5.34. The highest BCUT2D eigenvalue weighted by atomic mass is 16.5. The minimum atomic E-state index is 0.0597. The van der Waals surface area contributed by atoms with Crippen LogP contribution in [0.2, 0.25) is 0 Å². The van der Waals surface area contributed by atoms with Gasteiger partial charge in [-0.15, -0.1) is 0 Å². The van der Waals surface area contributed by atoms with Gasteiger partial charge in [-0.05, 0) is 16.7 Å². The Hall–Kier alpha value is -1.64. The van der Waals surface area contributed by atoms with Gasteiger partial charge in [-0.25, -0.2) is 0 Å². The molecule has 1 aliphatic heterocycles. The SMILES string of the molecule is c1ccc(C2OCCNCc3ccccc32)cc1. The average Bonchev–Trinajstić information content (AvgIpc) is 2.41. The Morgan fingerprint density at radius 1 is 0.944 bits per heavy atom. The van der Waals surface area contributed by atoms with Gasteiger partial charge in [0.25, 0.3) is 0 Å². The molecule has 2 aromatic carbocycles. The summed E-state index contributed by atoms with van der Waals surface area (Å²) in [5.41, 5.74) is 3.83. The van der Waals surface area contributed by atoms with Crippen molar-refractivity contribution >= 4 is 0 Å². The molecule has 3 rings (SSSR count). The van der Waals surface area contributed by atoms with Gasteiger partial charge in [0.05, 0.1) is 6.61 Å². The largest absolute Gasteiger partial charge is 0.367 e. The first-order valence-corrected chi connectivity index (χ1v) is 6.40. The molecule has 0 aliphatic carbocycles. The molecular formula is C16H17NO. The predicted molar refractivity (Wildman–Crippen MR) is 72.4 cm³/mol. The quantitative estimate of drug-likeness (QED) is 0.826. The van der Waals surface area contributed by atoms with E-state index in [1.165, 1.54) is 16.7 Å². The van der Waals surface area contributed by atoms with Gasteiger partial charge in [0.2, 0.25) is 0 Å². The summed E-state index contributed by atoms with van der Waals surface area (Å²) in [5.74, 6) is 0. The topological polar surface area (TPSA) is 21.3 Å². The monoisotopic (exact) mass is 239 g/mol. The van der Waals surface area contributed by atoms with Crippen LogP contribution in [-0.4, -0.2) is 13.2 Å². The standard InChI is InChI=1S/C16H17NO/c1-2-6-13(7-3-1)16-15-9-5-4-8-14(15)12-17-10-11-18-16/h1-9,16-17H,10-12H2. The van der Waals surface area contributed by atoms with Crippen molar-refractivity contribution < 1.29 is 4.74 Å². The highest BCUT2D eigenvalue weighted by Crippen LogP contribution is 2.29. The summed E-state index contributed by atoms with van der Waals surface area (Å²) < 4.78 is 6.03. The summed E-state index contributed by atoms with van der Waals surface area (Å²) in [6, 6.07) is 19.0. The summed E-state index contributed by atoms with van der Waals surface area (Å²) in [4.78, 5) is 0. The Morgan fingerprint density at radius 2 is 1.72 bits per heavy atom. The molecule has 0 aromatic heterocycles. The predicted octanol–water partition coefficient (Wildman–Crippen LogP) is 2.90. The van der Waals surface area contributed by atoms with E-state index in [1.54, 1.807) is 0 Å². The second-order valence-electron chi connectivity index (χ2n) is 4.54. The third-order valence-electron chi connectivity index (χ3n) is 3.32. The third kappa shape index (κ3) is 2.30. The fourth-order valence-corrected chi connectivity index (χ4v) is 2.42. The first-order valence-electron chi connectivity index (χ1n) is 6.40. The third-order valence-corrected chi connectivity index (χ3v) is 3.32. The number of nitrogens with one attached hydrogen (secondary N) is 1. The van der Waals surface area contributed by atoms with Gasteiger partial charge in [0.1, 0.15) is 6.10 Å². The lowest BCUT2D eigenvalue weighted by Gasteiger charge is -2.24. The summed E-state index contributed by atoms with van der Waals surface area (Å²) in [6.45, 7) is 2.56. The van der Waals surface area contributed by atoms with E-state index in [0.29, 0.717) is 0 Å². The normalized spacial score (nSPS) is 19.7. The van der Waals surface area contributed by atoms with E-state index in [0.717, 1.165) is 19.7 Å². The van der Waals surface area contributed by atoms with Gasteiger partial charge in [0.15, 0.2) is 0 Å². The Morgan fingerprint density at radius 3 is 2.61 bits per heavy atom. The lowest BCUT2D eigenvalue weighted by molar-refractivity contribution is 0.0776. The van der Waals surface area contributed by atoms with Gasteiger partial charge in [-0.2, -0.15) is 0 Å². The van der Waals surface area contributed by atoms with Crippen molar-refractivity contribution in [1.29, 1.82) is 0 Å². The molecule has 0 amide bonds. The Labute approximate surface area is 108 Å².